The molecule has 1 N–H and O–H groups in total. The molecule has 1 unspecified atom stereocenters. The highest BCUT2D eigenvalue weighted by Gasteiger charge is 2.26. The van der Waals surface area contributed by atoms with Crippen molar-refractivity contribution in [1.29, 1.82) is 0 Å². The van der Waals surface area contributed by atoms with Gasteiger partial charge in [-0.3, -0.25) is 4.79 Å². The van der Waals surface area contributed by atoms with Crippen LogP contribution < -0.4 is 5.32 Å². The highest BCUT2D eigenvalue weighted by Crippen LogP contribution is 2.14. The monoisotopic (exact) mass is 250 g/mol. The minimum Gasteiger partial charge on any atom is -0.340 e. The van der Waals surface area contributed by atoms with Crippen LogP contribution in [-0.2, 0) is 7.05 Å². The standard InChI is InChI=1S/C13H22N4O/c1-3-7-17(11-5-4-6-14-8-11)13(18)12-9-16(2)10-15-12/h9-11,14H,3-8H2,1-2H3. The fourth-order valence-corrected chi connectivity index (χ4v) is 2.46. The number of aryl methyl sites for hydroxylation is 1. The molecular weight excluding hydrogens is 228 g/mol. The van der Waals surface area contributed by atoms with Gasteiger partial charge in [-0.15, -0.1) is 0 Å². The summed E-state index contributed by atoms with van der Waals surface area (Å²) in [4.78, 5) is 18.6. The van der Waals surface area contributed by atoms with Crippen LogP contribution in [0.5, 0.6) is 0 Å². The smallest absolute Gasteiger partial charge is 0.274 e. The maximum absolute atomic E-state index is 12.5. The molecule has 100 valence electrons. The maximum atomic E-state index is 12.5. The van der Waals surface area contributed by atoms with Gasteiger partial charge in [-0.1, -0.05) is 6.92 Å². The molecule has 0 bridgehead atoms. The van der Waals surface area contributed by atoms with Gasteiger partial charge < -0.3 is 14.8 Å². The third-order valence-corrected chi connectivity index (χ3v) is 3.36. The zero-order valence-corrected chi connectivity index (χ0v) is 11.2. The third-order valence-electron chi connectivity index (χ3n) is 3.36. The molecular formula is C13H22N4O. The van der Waals surface area contributed by atoms with Gasteiger partial charge in [0, 0.05) is 32.4 Å². The van der Waals surface area contributed by atoms with Gasteiger partial charge in [-0.2, -0.15) is 0 Å². The molecule has 5 heteroatoms. The van der Waals surface area contributed by atoms with Gasteiger partial charge in [0.25, 0.3) is 5.91 Å². The van der Waals surface area contributed by atoms with Crippen molar-refractivity contribution in [2.45, 2.75) is 32.2 Å². The van der Waals surface area contributed by atoms with Crippen LogP contribution in [0.4, 0.5) is 0 Å². The van der Waals surface area contributed by atoms with Crippen molar-refractivity contribution >= 4 is 5.91 Å². The van der Waals surface area contributed by atoms with Crippen LogP contribution in [0.15, 0.2) is 12.5 Å². The van der Waals surface area contributed by atoms with Crippen LogP contribution in [-0.4, -0.2) is 46.0 Å². The Labute approximate surface area is 108 Å². The quantitative estimate of drug-likeness (QED) is 0.868. The lowest BCUT2D eigenvalue weighted by Crippen LogP contribution is -2.49. The van der Waals surface area contributed by atoms with Gasteiger partial charge in [0.2, 0.25) is 0 Å². The summed E-state index contributed by atoms with van der Waals surface area (Å²) in [6.07, 6.45) is 6.68. The number of carbonyl (C=O) groups excluding carboxylic acids is 1. The van der Waals surface area contributed by atoms with Crippen LogP contribution in [0.25, 0.3) is 0 Å². The number of nitrogens with zero attached hydrogens (tertiary/aromatic N) is 3. The van der Waals surface area contributed by atoms with Crippen molar-refractivity contribution in [1.82, 2.24) is 19.8 Å². The molecule has 0 aliphatic carbocycles. The van der Waals surface area contributed by atoms with Crippen LogP contribution in [0.3, 0.4) is 0 Å². The van der Waals surface area contributed by atoms with E-state index >= 15 is 0 Å². The molecule has 1 saturated heterocycles. The molecule has 5 nitrogen and oxygen atoms in total. The summed E-state index contributed by atoms with van der Waals surface area (Å²) in [7, 11) is 1.89. The second kappa shape index (κ2) is 6.00. The van der Waals surface area contributed by atoms with E-state index in [1.165, 1.54) is 0 Å². The summed E-state index contributed by atoms with van der Waals surface area (Å²) in [5, 5.41) is 3.37. The predicted octanol–water partition coefficient (Wildman–Crippen LogP) is 1.02. The Hall–Kier alpha value is -1.36. The fourth-order valence-electron chi connectivity index (χ4n) is 2.46. The summed E-state index contributed by atoms with van der Waals surface area (Å²) in [6, 6.07) is 0.313. The Bertz CT molecular complexity index is 395. The molecule has 0 spiro atoms. The second-order valence-electron chi connectivity index (χ2n) is 4.92. The van der Waals surface area contributed by atoms with E-state index in [0.29, 0.717) is 11.7 Å². The SMILES string of the molecule is CCCN(C(=O)c1cn(C)cn1)C1CCCNC1. The van der Waals surface area contributed by atoms with Crippen molar-refractivity contribution in [3.63, 3.8) is 0 Å². The third kappa shape index (κ3) is 2.90. The molecule has 1 aromatic heterocycles. The molecule has 2 heterocycles. The summed E-state index contributed by atoms with van der Waals surface area (Å²) in [5.41, 5.74) is 0.552. The van der Waals surface area contributed by atoms with Crippen molar-refractivity contribution in [3.8, 4) is 0 Å². The molecule has 1 aliphatic heterocycles. The Morgan fingerprint density at radius 3 is 3.06 bits per heavy atom. The van der Waals surface area contributed by atoms with Gasteiger partial charge in [-0.25, -0.2) is 4.98 Å². The topological polar surface area (TPSA) is 50.2 Å². The molecule has 1 atom stereocenters. The molecule has 1 aliphatic rings. The molecule has 1 amide bonds. The summed E-state index contributed by atoms with van der Waals surface area (Å²) >= 11 is 0. The normalized spacial score (nSPS) is 19.8. The molecule has 0 radical (unpaired) electrons. The molecule has 1 fully saturated rings. The first kappa shape index (κ1) is 13.1. The number of nitrogens with one attached hydrogen (secondary N) is 1. The number of piperidine rings is 1. The second-order valence-corrected chi connectivity index (χ2v) is 4.92. The number of hydrogen-bond acceptors (Lipinski definition) is 3. The van der Waals surface area contributed by atoms with E-state index in [0.717, 1.165) is 38.9 Å². The summed E-state index contributed by atoms with van der Waals surface area (Å²) in [5.74, 6) is 0.0613. The van der Waals surface area contributed by atoms with Crippen molar-refractivity contribution in [3.05, 3.63) is 18.2 Å². The van der Waals surface area contributed by atoms with Crippen molar-refractivity contribution in [2.75, 3.05) is 19.6 Å². The molecule has 18 heavy (non-hydrogen) atoms. The zero-order valence-electron chi connectivity index (χ0n) is 11.2. The number of hydrogen-bond donors (Lipinski definition) is 1. The molecule has 2 rings (SSSR count). The number of aromatic nitrogens is 2. The average molecular weight is 250 g/mol. The molecule has 0 saturated carbocycles. The van der Waals surface area contributed by atoms with Crippen LogP contribution in [0.2, 0.25) is 0 Å². The Morgan fingerprint density at radius 1 is 1.67 bits per heavy atom. The summed E-state index contributed by atoms with van der Waals surface area (Å²) in [6.45, 7) is 4.88. The van der Waals surface area contributed by atoms with Gasteiger partial charge in [0.1, 0.15) is 5.69 Å². The lowest BCUT2D eigenvalue weighted by atomic mass is 10.1. The first-order valence-electron chi connectivity index (χ1n) is 6.72. The average Bonchev–Trinajstić information content (AvgIpc) is 2.83. The van der Waals surface area contributed by atoms with E-state index in [4.69, 9.17) is 0 Å². The highest BCUT2D eigenvalue weighted by atomic mass is 16.2. The van der Waals surface area contributed by atoms with E-state index < -0.39 is 0 Å². The van der Waals surface area contributed by atoms with Crippen molar-refractivity contribution < 1.29 is 4.79 Å². The molecule has 1 aromatic rings. The van der Waals surface area contributed by atoms with E-state index in [2.05, 4.69) is 17.2 Å². The van der Waals surface area contributed by atoms with Gasteiger partial charge in [0.05, 0.1) is 6.33 Å². The Balaban J connectivity index is 2.10. The van der Waals surface area contributed by atoms with E-state index in [9.17, 15) is 4.79 Å². The van der Waals surface area contributed by atoms with Gasteiger partial charge in [-0.05, 0) is 25.8 Å². The number of rotatable bonds is 4. The van der Waals surface area contributed by atoms with Crippen LogP contribution in [0.1, 0.15) is 36.7 Å². The van der Waals surface area contributed by atoms with Gasteiger partial charge >= 0.3 is 0 Å². The lowest BCUT2D eigenvalue weighted by Gasteiger charge is -2.34. The predicted molar refractivity (Wildman–Crippen MR) is 70.4 cm³/mol. The minimum atomic E-state index is 0.0613. The minimum absolute atomic E-state index is 0.0613. The highest BCUT2D eigenvalue weighted by molar-refractivity contribution is 5.92. The molecule has 0 aromatic carbocycles. The maximum Gasteiger partial charge on any atom is 0.274 e. The van der Waals surface area contributed by atoms with E-state index in [1.807, 2.05) is 16.5 Å². The van der Waals surface area contributed by atoms with Crippen molar-refractivity contribution in [2.24, 2.45) is 7.05 Å². The fraction of sp³-hybridized carbons (Fsp3) is 0.692. The number of imidazole rings is 1. The van der Waals surface area contributed by atoms with E-state index in [-0.39, 0.29) is 5.91 Å². The Kier molecular flexibility index (Phi) is 4.36. The Morgan fingerprint density at radius 2 is 2.50 bits per heavy atom. The van der Waals surface area contributed by atoms with E-state index in [1.54, 1.807) is 12.5 Å². The van der Waals surface area contributed by atoms with Crippen LogP contribution in [0, 0.1) is 0 Å². The largest absolute Gasteiger partial charge is 0.340 e. The first-order valence-corrected chi connectivity index (χ1v) is 6.72. The number of carbonyl (C=O) groups is 1. The lowest BCUT2D eigenvalue weighted by molar-refractivity contribution is 0.0643. The first-order chi connectivity index (χ1) is 8.72. The number of amides is 1. The van der Waals surface area contributed by atoms with Crippen LogP contribution >= 0.6 is 0 Å². The summed E-state index contributed by atoms with van der Waals surface area (Å²) < 4.78 is 1.82. The van der Waals surface area contributed by atoms with Gasteiger partial charge in [0.15, 0.2) is 0 Å². The zero-order chi connectivity index (χ0) is 13.0.